The molecule has 0 amide bonds. The fourth-order valence-electron chi connectivity index (χ4n) is 1.82. The highest BCUT2D eigenvalue weighted by Crippen LogP contribution is 2.05. The van der Waals surface area contributed by atoms with Crippen molar-refractivity contribution < 1.29 is 0 Å². The minimum Gasteiger partial charge on any atom is -0.315 e. The number of rotatable bonds is 8. The lowest BCUT2D eigenvalue weighted by molar-refractivity contribution is 0.217. The molecule has 0 spiro atoms. The van der Waals surface area contributed by atoms with Crippen molar-refractivity contribution in [2.24, 2.45) is 0 Å². The molecule has 0 saturated heterocycles. The first-order valence-corrected chi connectivity index (χ1v) is 6.09. The Morgan fingerprint density at radius 2 is 1.64 bits per heavy atom. The van der Waals surface area contributed by atoms with Crippen LogP contribution in [0.2, 0.25) is 0 Å². The van der Waals surface area contributed by atoms with Gasteiger partial charge in [-0.05, 0) is 39.4 Å². The van der Waals surface area contributed by atoms with Gasteiger partial charge >= 0.3 is 0 Å². The van der Waals surface area contributed by atoms with Gasteiger partial charge in [0.2, 0.25) is 0 Å². The van der Waals surface area contributed by atoms with E-state index in [0.717, 1.165) is 12.6 Å². The molecule has 2 heteroatoms. The maximum Gasteiger partial charge on any atom is 0.00671 e. The lowest BCUT2D eigenvalue weighted by Gasteiger charge is -2.26. The summed E-state index contributed by atoms with van der Waals surface area (Å²) in [5, 5.41) is 3.46. The summed E-state index contributed by atoms with van der Waals surface area (Å²) in [5.41, 5.74) is 0. The molecule has 0 bridgehead atoms. The zero-order valence-corrected chi connectivity index (χ0v) is 10.6. The van der Waals surface area contributed by atoms with Crippen LogP contribution in [-0.2, 0) is 0 Å². The third kappa shape index (κ3) is 6.39. The van der Waals surface area contributed by atoms with E-state index in [0.29, 0.717) is 6.04 Å². The molecule has 1 unspecified atom stereocenters. The van der Waals surface area contributed by atoms with Gasteiger partial charge < -0.3 is 10.2 Å². The third-order valence-corrected chi connectivity index (χ3v) is 2.79. The van der Waals surface area contributed by atoms with E-state index in [-0.39, 0.29) is 0 Å². The molecule has 0 aliphatic carbocycles. The van der Waals surface area contributed by atoms with Crippen LogP contribution in [0, 0.1) is 0 Å². The van der Waals surface area contributed by atoms with E-state index in [4.69, 9.17) is 0 Å². The Hall–Kier alpha value is -0.0800. The Bertz CT molecular complexity index is 119. The molecule has 0 heterocycles. The van der Waals surface area contributed by atoms with Gasteiger partial charge in [0.1, 0.15) is 0 Å². The fourth-order valence-corrected chi connectivity index (χ4v) is 1.82. The second-order valence-electron chi connectivity index (χ2n) is 4.32. The van der Waals surface area contributed by atoms with Crippen LogP contribution in [0.25, 0.3) is 0 Å². The third-order valence-electron chi connectivity index (χ3n) is 2.79. The summed E-state index contributed by atoms with van der Waals surface area (Å²) >= 11 is 0. The van der Waals surface area contributed by atoms with E-state index in [2.05, 4.69) is 44.8 Å². The summed E-state index contributed by atoms with van der Waals surface area (Å²) in [6.45, 7) is 14.7. The molecular formula is C12H28N2. The van der Waals surface area contributed by atoms with Gasteiger partial charge in [0.05, 0.1) is 0 Å². The van der Waals surface area contributed by atoms with Gasteiger partial charge in [0.15, 0.2) is 0 Å². The molecule has 0 rings (SSSR count). The maximum absolute atomic E-state index is 3.46. The second kappa shape index (κ2) is 8.25. The summed E-state index contributed by atoms with van der Waals surface area (Å²) in [6, 6.07) is 1.36. The van der Waals surface area contributed by atoms with Crippen molar-refractivity contribution in [2.75, 3.05) is 19.6 Å². The summed E-state index contributed by atoms with van der Waals surface area (Å²) in [4.78, 5) is 2.52. The molecule has 0 radical (unpaired) electrons. The van der Waals surface area contributed by atoms with Crippen LogP contribution in [0.4, 0.5) is 0 Å². The number of hydrogen-bond donors (Lipinski definition) is 1. The molecule has 1 N–H and O–H groups in total. The van der Waals surface area contributed by atoms with Crippen molar-refractivity contribution in [3.05, 3.63) is 0 Å². The average Bonchev–Trinajstić information content (AvgIpc) is 2.14. The Morgan fingerprint density at radius 1 is 1.07 bits per heavy atom. The zero-order valence-electron chi connectivity index (χ0n) is 10.6. The molecule has 0 aromatic carbocycles. The highest BCUT2D eigenvalue weighted by molar-refractivity contribution is 4.65. The standard InChI is InChI=1S/C12H28N2/c1-6-14(7-2)12(5)9-8-10-13-11(3)4/h11-13H,6-10H2,1-5H3. The van der Waals surface area contributed by atoms with Crippen LogP contribution >= 0.6 is 0 Å². The van der Waals surface area contributed by atoms with Crippen molar-refractivity contribution >= 4 is 0 Å². The first-order valence-electron chi connectivity index (χ1n) is 6.09. The van der Waals surface area contributed by atoms with E-state index in [1.807, 2.05) is 0 Å². The normalized spacial score (nSPS) is 13.9. The van der Waals surface area contributed by atoms with E-state index in [1.165, 1.54) is 25.9 Å². The second-order valence-corrected chi connectivity index (χ2v) is 4.32. The SMILES string of the molecule is CCN(CC)C(C)CCCNC(C)C. The Labute approximate surface area is 90.1 Å². The molecule has 1 atom stereocenters. The summed E-state index contributed by atoms with van der Waals surface area (Å²) in [6.07, 6.45) is 2.59. The molecular weight excluding hydrogens is 172 g/mol. The Morgan fingerprint density at radius 3 is 2.07 bits per heavy atom. The van der Waals surface area contributed by atoms with Crippen molar-refractivity contribution in [2.45, 2.75) is 59.5 Å². The van der Waals surface area contributed by atoms with Crippen LogP contribution in [0.15, 0.2) is 0 Å². The topological polar surface area (TPSA) is 15.3 Å². The highest BCUT2D eigenvalue weighted by Gasteiger charge is 2.08. The predicted molar refractivity (Wildman–Crippen MR) is 64.8 cm³/mol. The largest absolute Gasteiger partial charge is 0.315 e. The molecule has 0 aliphatic heterocycles. The quantitative estimate of drug-likeness (QED) is 0.606. The lowest BCUT2D eigenvalue weighted by atomic mass is 10.1. The molecule has 2 nitrogen and oxygen atoms in total. The van der Waals surface area contributed by atoms with Crippen LogP contribution in [0.3, 0.4) is 0 Å². The van der Waals surface area contributed by atoms with Gasteiger partial charge in [-0.2, -0.15) is 0 Å². The van der Waals surface area contributed by atoms with Crippen molar-refractivity contribution in [1.82, 2.24) is 10.2 Å². The summed E-state index contributed by atoms with van der Waals surface area (Å²) in [7, 11) is 0. The minimum absolute atomic E-state index is 0.624. The predicted octanol–water partition coefficient (Wildman–Crippen LogP) is 2.49. The molecule has 0 fully saturated rings. The van der Waals surface area contributed by atoms with Crippen molar-refractivity contribution in [3.8, 4) is 0 Å². The van der Waals surface area contributed by atoms with E-state index in [9.17, 15) is 0 Å². The van der Waals surface area contributed by atoms with Crippen LogP contribution in [-0.4, -0.2) is 36.6 Å². The molecule has 86 valence electrons. The van der Waals surface area contributed by atoms with Crippen LogP contribution in [0.5, 0.6) is 0 Å². The number of nitrogens with zero attached hydrogens (tertiary/aromatic N) is 1. The maximum atomic E-state index is 3.46. The molecule has 14 heavy (non-hydrogen) atoms. The van der Waals surface area contributed by atoms with Gasteiger partial charge in [-0.25, -0.2) is 0 Å². The van der Waals surface area contributed by atoms with E-state index < -0.39 is 0 Å². The minimum atomic E-state index is 0.624. The fraction of sp³-hybridized carbons (Fsp3) is 1.00. The van der Waals surface area contributed by atoms with Gasteiger partial charge in [-0.15, -0.1) is 0 Å². The Kier molecular flexibility index (Phi) is 8.20. The van der Waals surface area contributed by atoms with E-state index >= 15 is 0 Å². The molecule has 0 aromatic rings. The van der Waals surface area contributed by atoms with Gasteiger partial charge in [0, 0.05) is 12.1 Å². The first kappa shape index (κ1) is 13.9. The monoisotopic (exact) mass is 200 g/mol. The highest BCUT2D eigenvalue weighted by atomic mass is 15.1. The summed E-state index contributed by atoms with van der Waals surface area (Å²) in [5.74, 6) is 0. The van der Waals surface area contributed by atoms with Crippen LogP contribution in [0.1, 0.15) is 47.5 Å². The summed E-state index contributed by atoms with van der Waals surface area (Å²) < 4.78 is 0. The molecule has 0 aromatic heterocycles. The number of hydrogen-bond acceptors (Lipinski definition) is 2. The van der Waals surface area contributed by atoms with Crippen molar-refractivity contribution in [1.29, 1.82) is 0 Å². The Balaban J connectivity index is 3.47. The zero-order chi connectivity index (χ0) is 11.0. The van der Waals surface area contributed by atoms with Crippen molar-refractivity contribution in [3.63, 3.8) is 0 Å². The molecule has 0 aliphatic rings. The van der Waals surface area contributed by atoms with E-state index in [1.54, 1.807) is 0 Å². The van der Waals surface area contributed by atoms with Crippen LogP contribution < -0.4 is 5.32 Å². The average molecular weight is 200 g/mol. The lowest BCUT2D eigenvalue weighted by Crippen LogP contribution is -2.33. The van der Waals surface area contributed by atoms with Gasteiger partial charge in [0.25, 0.3) is 0 Å². The number of nitrogens with one attached hydrogen (secondary N) is 1. The molecule has 0 saturated carbocycles. The van der Waals surface area contributed by atoms with Gasteiger partial charge in [-0.3, -0.25) is 0 Å². The van der Waals surface area contributed by atoms with Gasteiger partial charge in [-0.1, -0.05) is 27.7 Å². The smallest absolute Gasteiger partial charge is 0.00671 e. The first-order chi connectivity index (χ1) is 6.61.